The van der Waals surface area contributed by atoms with Crippen molar-refractivity contribution < 1.29 is 23.1 Å². The Labute approximate surface area is 208 Å². The normalized spacial score (nSPS) is 15.0. The Morgan fingerprint density at radius 1 is 1.14 bits per heavy atom. The van der Waals surface area contributed by atoms with Crippen molar-refractivity contribution in [2.75, 3.05) is 13.2 Å². The molecule has 190 valence electrons. The zero-order valence-electron chi connectivity index (χ0n) is 20.9. The number of rotatable bonds is 9. The number of phenolic OH excluding ortho intramolecular Hbond substituents is 1. The molecule has 1 aliphatic carbocycles. The Morgan fingerprint density at radius 3 is 2.43 bits per heavy atom. The maximum Gasteiger partial charge on any atom is 0.255 e. The molecular weight excluding hydrogens is 466 g/mol. The fourth-order valence-corrected chi connectivity index (χ4v) is 6.76. The van der Waals surface area contributed by atoms with Crippen LogP contribution in [0.25, 0.3) is 0 Å². The lowest BCUT2D eigenvalue weighted by molar-refractivity contribution is -0.121. The number of carbonyl (C=O) groups is 1. The minimum absolute atomic E-state index is 0.0167. The third kappa shape index (κ3) is 6.61. The summed E-state index contributed by atoms with van der Waals surface area (Å²) in [4.78, 5) is 13.1. The number of sulfonamides is 1. The van der Waals surface area contributed by atoms with Crippen molar-refractivity contribution in [2.45, 2.75) is 70.7 Å². The summed E-state index contributed by atoms with van der Waals surface area (Å²) in [7, 11) is -3.89. The van der Waals surface area contributed by atoms with Crippen LogP contribution in [0.1, 0.15) is 61.3 Å². The smallest absolute Gasteiger partial charge is 0.255 e. The molecule has 0 bridgehead atoms. The Kier molecular flexibility index (Phi) is 8.91. The summed E-state index contributed by atoms with van der Waals surface area (Å²) in [5.74, 6) is -0.175. The van der Waals surface area contributed by atoms with Crippen LogP contribution < -0.4 is 10.2 Å². The number of amides is 1. The first kappa shape index (κ1) is 26.7. The second kappa shape index (κ2) is 11.7. The number of carbonyl (C=O) groups excluding carboxylic acids is 1. The van der Waals surface area contributed by atoms with Crippen molar-refractivity contribution in [3.05, 3.63) is 52.6 Å². The van der Waals surface area contributed by atoms with Gasteiger partial charge in [0, 0.05) is 6.04 Å². The van der Waals surface area contributed by atoms with Gasteiger partial charge in [0.05, 0.1) is 24.3 Å². The molecule has 0 saturated heterocycles. The number of hydrogen-bond donors (Lipinski definition) is 2. The standard InChI is InChI=1S/C26H35N3O5S/c1-5-34-24-15-21(11-12-23(24)30)16-27-28-25(31)17-29(22-9-7-6-8-10-22)35(32,33)26-19(3)13-18(2)14-20(26)4/h11-16,22,30H,5-10,17H2,1-4H3,(H,28,31)/b27-16+. The van der Waals surface area contributed by atoms with E-state index in [1.54, 1.807) is 26.0 Å². The van der Waals surface area contributed by atoms with Crippen molar-refractivity contribution in [3.63, 3.8) is 0 Å². The molecule has 1 amide bonds. The first-order chi connectivity index (χ1) is 16.6. The van der Waals surface area contributed by atoms with Crippen molar-refractivity contribution >= 4 is 22.1 Å². The second-order valence-electron chi connectivity index (χ2n) is 9.02. The molecule has 0 unspecified atom stereocenters. The Balaban J connectivity index is 1.81. The molecule has 9 heteroatoms. The highest BCUT2D eigenvalue weighted by atomic mass is 32.2. The van der Waals surface area contributed by atoms with Crippen LogP contribution in [0.2, 0.25) is 0 Å². The molecule has 1 fully saturated rings. The van der Waals surface area contributed by atoms with Gasteiger partial charge in [-0.3, -0.25) is 4.79 Å². The summed E-state index contributed by atoms with van der Waals surface area (Å²) in [6, 6.07) is 8.22. The van der Waals surface area contributed by atoms with E-state index >= 15 is 0 Å². The number of nitrogens with one attached hydrogen (secondary N) is 1. The van der Waals surface area contributed by atoms with Gasteiger partial charge in [-0.05, 0) is 75.4 Å². The molecule has 8 nitrogen and oxygen atoms in total. The van der Waals surface area contributed by atoms with Crippen LogP contribution in [-0.2, 0) is 14.8 Å². The van der Waals surface area contributed by atoms with Gasteiger partial charge in [0.25, 0.3) is 5.91 Å². The summed E-state index contributed by atoms with van der Waals surface area (Å²) in [6.45, 7) is 7.43. The predicted molar refractivity (Wildman–Crippen MR) is 136 cm³/mol. The van der Waals surface area contributed by atoms with Gasteiger partial charge in [0.15, 0.2) is 11.5 Å². The maximum absolute atomic E-state index is 13.8. The highest BCUT2D eigenvalue weighted by molar-refractivity contribution is 7.89. The van der Waals surface area contributed by atoms with Crippen molar-refractivity contribution in [1.29, 1.82) is 0 Å². The topological polar surface area (TPSA) is 108 Å². The molecular formula is C26H35N3O5S. The highest BCUT2D eigenvalue weighted by Crippen LogP contribution is 2.31. The van der Waals surface area contributed by atoms with Gasteiger partial charge in [0.1, 0.15) is 0 Å². The first-order valence-electron chi connectivity index (χ1n) is 12.0. The number of ether oxygens (including phenoxy) is 1. The Bertz CT molecular complexity index is 1160. The van der Waals surface area contributed by atoms with Crippen LogP contribution in [0, 0.1) is 20.8 Å². The van der Waals surface area contributed by atoms with Crippen molar-refractivity contribution in [2.24, 2.45) is 5.10 Å². The summed E-state index contributed by atoms with van der Waals surface area (Å²) in [5, 5.41) is 13.8. The van der Waals surface area contributed by atoms with Gasteiger partial charge < -0.3 is 9.84 Å². The Hall–Kier alpha value is -2.91. The molecule has 3 rings (SSSR count). The van der Waals surface area contributed by atoms with E-state index in [-0.39, 0.29) is 23.2 Å². The molecule has 2 aromatic rings. The van der Waals surface area contributed by atoms with Gasteiger partial charge in [-0.1, -0.05) is 37.0 Å². The maximum atomic E-state index is 13.8. The lowest BCUT2D eigenvalue weighted by atomic mass is 9.95. The first-order valence-corrected chi connectivity index (χ1v) is 13.4. The molecule has 35 heavy (non-hydrogen) atoms. The van der Waals surface area contributed by atoms with Crippen LogP contribution in [0.4, 0.5) is 0 Å². The fraction of sp³-hybridized carbons (Fsp3) is 0.462. The molecule has 0 heterocycles. The third-order valence-electron chi connectivity index (χ3n) is 6.14. The monoisotopic (exact) mass is 501 g/mol. The van der Waals surface area contributed by atoms with E-state index in [0.717, 1.165) is 37.7 Å². The fourth-order valence-electron chi connectivity index (χ4n) is 4.71. The lowest BCUT2D eigenvalue weighted by Gasteiger charge is -2.33. The zero-order chi connectivity index (χ0) is 25.6. The van der Waals surface area contributed by atoms with E-state index < -0.39 is 15.9 Å². The number of nitrogens with zero attached hydrogens (tertiary/aromatic N) is 2. The number of hydrazone groups is 1. The van der Waals surface area contributed by atoms with Crippen molar-refractivity contribution in [1.82, 2.24) is 9.73 Å². The quantitative estimate of drug-likeness (QED) is 0.396. The van der Waals surface area contributed by atoms with E-state index in [9.17, 15) is 18.3 Å². The van der Waals surface area contributed by atoms with Gasteiger partial charge in [-0.15, -0.1) is 0 Å². The molecule has 0 aliphatic heterocycles. The van der Waals surface area contributed by atoms with Crippen LogP contribution in [-0.4, -0.2) is 49.1 Å². The van der Waals surface area contributed by atoms with Crippen molar-refractivity contribution in [3.8, 4) is 11.5 Å². The highest BCUT2D eigenvalue weighted by Gasteiger charge is 2.35. The summed E-state index contributed by atoms with van der Waals surface area (Å²) >= 11 is 0. The van der Waals surface area contributed by atoms with Gasteiger partial charge >= 0.3 is 0 Å². The van der Waals surface area contributed by atoms with E-state index in [1.807, 2.05) is 26.0 Å². The van der Waals surface area contributed by atoms with E-state index in [2.05, 4.69) is 10.5 Å². The van der Waals surface area contributed by atoms with Crippen LogP contribution in [0.3, 0.4) is 0 Å². The van der Waals surface area contributed by atoms with Gasteiger partial charge in [-0.2, -0.15) is 9.41 Å². The molecule has 0 atom stereocenters. The minimum atomic E-state index is -3.89. The number of aromatic hydroxyl groups is 1. The number of hydrogen-bond acceptors (Lipinski definition) is 6. The van der Waals surface area contributed by atoms with E-state index in [1.165, 1.54) is 16.6 Å². The molecule has 0 radical (unpaired) electrons. The average molecular weight is 502 g/mol. The largest absolute Gasteiger partial charge is 0.504 e. The SMILES string of the molecule is CCOc1cc(/C=N/NC(=O)CN(C2CCCCC2)S(=O)(=O)c2c(C)cc(C)cc2C)ccc1O. The minimum Gasteiger partial charge on any atom is -0.504 e. The molecule has 1 aliphatic rings. The van der Waals surface area contributed by atoms with Gasteiger partial charge in [0.2, 0.25) is 10.0 Å². The average Bonchev–Trinajstić information content (AvgIpc) is 2.79. The number of benzene rings is 2. The van der Waals surface area contributed by atoms with E-state index in [4.69, 9.17) is 4.74 Å². The second-order valence-corrected chi connectivity index (χ2v) is 10.9. The Morgan fingerprint density at radius 2 is 1.80 bits per heavy atom. The van der Waals surface area contributed by atoms with Crippen LogP contribution >= 0.6 is 0 Å². The van der Waals surface area contributed by atoms with Crippen LogP contribution in [0.5, 0.6) is 11.5 Å². The summed E-state index contributed by atoms with van der Waals surface area (Å²) < 4.78 is 34.3. The van der Waals surface area contributed by atoms with Crippen LogP contribution in [0.15, 0.2) is 40.3 Å². The third-order valence-corrected chi connectivity index (χ3v) is 8.34. The molecule has 2 aromatic carbocycles. The number of phenols is 1. The zero-order valence-corrected chi connectivity index (χ0v) is 21.7. The summed E-state index contributed by atoms with van der Waals surface area (Å²) in [5.41, 5.74) is 5.43. The predicted octanol–water partition coefficient (Wildman–Crippen LogP) is 4.19. The number of aryl methyl sites for hydroxylation is 3. The lowest BCUT2D eigenvalue weighted by Crippen LogP contribution is -2.46. The molecule has 2 N–H and O–H groups in total. The molecule has 0 aromatic heterocycles. The summed E-state index contributed by atoms with van der Waals surface area (Å²) in [6.07, 6.45) is 5.82. The molecule has 0 spiro atoms. The van der Waals surface area contributed by atoms with E-state index in [0.29, 0.717) is 29.0 Å². The van der Waals surface area contributed by atoms with Gasteiger partial charge in [-0.25, -0.2) is 13.8 Å². The molecule has 1 saturated carbocycles.